The fraction of sp³-hybridized carbons (Fsp3) is 0.526. The first-order valence-electron chi connectivity index (χ1n) is 16.6. The minimum atomic E-state index is -0.948. The standard InChI is InChI=1S/C38H48N2O3S/c1-5-6-25-7-11-27(12-8-25)28-15-17-29(18-16-28)32-23-39-36(40-24-32)30-13-9-26(10-14-30)21-31(37(42)43)22-33(41)34-19-20-35(44-34)38(2,3)4/h9-10,13-14,17,19-20,23-25,27-28,31H,5-8,11-12,15-16,18,21-22H2,1-4H3,(H,42,43)/t25?,27?,28?,31-/m1/s1. The molecule has 2 atom stereocenters. The van der Waals surface area contributed by atoms with Gasteiger partial charge in [0.1, 0.15) is 0 Å². The van der Waals surface area contributed by atoms with Crippen LogP contribution in [0.5, 0.6) is 0 Å². The van der Waals surface area contributed by atoms with Crippen LogP contribution in [0.2, 0.25) is 0 Å². The maximum absolute atomic E-state index is 12.9. The van der Waals surface area contributed by atoms with E-state index in [9.17, 15) is 14.7 Å². The molecule has 2 aromatic heterocycles. The van der Waals surface area contributed by atoms with Crippen LogP contribution in [0.25, 0.3) is 17.0 Å². The SMILES string of the molecule is CCCC1CCC(C2CC=C(c3cnc(-c4ccc(C[C@H](CC(=O)c5ccc(C(C)(C)C)s5)C(=O)O)cc4)nc3)CC2)CC1. The third kappa shape index (κ3) is 8.12. The lowest BCUT2D eigenvalue weighted by Gasteiger charge is -2.35. The summed E-state index contributed by atoms with van der Waals surface area (Å²) in [5, 5.41) is 9.87. The number of carboxylic acids is 1. The van der Waals surface area contributed by atoms with E-state index in [4.69, 9.17) is 0 Å². The van der Waals surface area contributed by atoms with Gasteiger partial charge in [-0.1, -0.05) is 83.7 Å². The molecule has 0 amide bonds. The molecule has 1 fully saturated rings. The van der Waals surface area contributed by atoms with E-state index in [1.54, 1.807) is 0 Å². The molecular formula is C38H48N2O3S. The molecule has 2 aliphatic rings. The highest BCUT2D eigenvalue weighted by Gasteiger charge is 2.29. The largest absolute Gasteiger partial charge is 0.481 e. The van der Waals surface area contributed by atoms with Crippen LogP contribution in [0.3, 0.4) is 0 Å². The first-order valence-corrected chi connectivity index (χ1v) is 17.4. The van der Waals surface area contributed by atoms with Gasteiger partial charge >= 0.3 is 5.97 Å². The van der Waals surface area contributed by atoms with E-state index in [2.05, 4.69) is 43.7 Å². The predicted octanol–water partition coefficient (Wildman–Crippen LogP) is 9.81. The number of hydrogen-bond acceptors (Lipinski definition) is 5. The zero-order chi connectivity index (χ0) is 31.3. The van der Waals surface area contributed by atoms with Crippen molar-refractivity contribution in [3.63, 3.8) is 0 Å². The molecule has 6 heteroatoms. The van der Waals surface area contributed by atoms with Crippen molar-refractivity contribution in [2.75, 3.05) is 0 Å². The Bertz CT molecular complexity index is 1440. The van der Waals surface area contributed by atoms with Crippen LogP contribution in [0.15, 0.2) is 54.9 Å². The van der Waals surface area contributed by atoms with E-state index < -0.39 is 11.9 Å². The van der Waals surface area contributed by atoms with Crippen LogP contribution in [0, 0.1) is 23.7 Å². The van der Waals surface area contributed by atoms with Crippen molar-refractivity contribution in [2.45, 2.75) is 104 Å². The van der Waals surface area contributed by atoms with Gasteiger partial charge in [0, 0.05) is 34.8 Å². The van der Waals surface area contributed by atoms with E-state index in [-0.39, 0.29) is 17.6 Å². The van der Waals surface area contributed by atoms with Crippen molar-refractivity contribution in [1.29, 1.82) is 0 Å². The Morgan fingerprint density at radius 1 is 0.932 bits per heavy atom. The number of rotatable bonds is 11. The molecule has 2 heterocycles. The second-order valence-corrected chi connectivity index (χ2v) is 15.2. The number of aliphatic carboxylic acids is 1. The summed E-state index contributed by atoms with van der Waals surface area (Å²) < 4.78 is 0. The van der Waals surface area contributed by atoms with Gasteiger partial charge < -0.3 is 5.11 Å². The van der Waals surface area contributed by atoms with E-state index in [0.717, 1.165) is 45.7 Å². The van der Waals surface area contributed by atoms with Crippen LogP contribution in [0.1, 0.15) is 118 Å². The molecule has 5 nitrogen and oxygen atoms in total. The van der Waals surface area contributed by atoms with Crippen LogP contribution in [-0.2, 0) is 16.6 Å². The fourth-order valence-electron chi connectivity index (χ4n) is 7.08. The van der Waals surface area contributed by atoms with Gasteiger partial charge in [-0.15, -0.1) is 11.3 Å². The lowest BCUT2D eigenvalue weighted by molar-refractivity contribution is -0.141. The van der Waals surface area contributed by atoms with Crippen molar-refractivity contribution in [1.82, 2.24) is 9.97 Å². The lowest BCUT2D eigenvalue weighted by atomic mass is 9.70. The minimum absolute atomic E-state index is 0.0115. The van der Waals surface area contributed by atoms with Gasteiger partial charge in [-0.05, 0) is 85.0 Å². The Hall–Kier alpha value is -3.12. The maximum Gasteiger partial charge on any atom is 0.307 e. The number of nitrogens with zero attached hydrogens (tertiary/aromatic N) is 2. The zero-order valence-electron chi connectivity index (χ0n) is 26.9. The van der Waals surface area contributed by atoms with Crippen LogP contribution >= 0.6 is 11.3 Å². The number of Topliss-reactive ketones (excluding diaryl/α,β-unsaturated/α-hetero) is 1. The number of benzene rings is 1. The number of carbonyl (C=O) groups excluding carboxylic acids is 1. The number of allylic oxidation sites excluding steroid dienone is 2. The molecule has 0 bridgehead atoms. The number of carbonyl (C=O) groups is 2. The summed E-state index contributed by atoms with van der Waals surface area (Å²) >= 11 is 1.46. The van der Waals surface area contributed by atoms with Crippen molar-refractivity contribution in [3.8, 4) is 11.4 Å². The third-order valence-electron chi connectivity index (χ3n) is 9.82. The van der Waals surface area contributed by atoms with Crippen LogP contribution < -0.4 is 0 Å². The molecule has 1 saturated carbocycles. The Morgan fingerprint density at radius 3 is 2.20 bits per heavy atom. The molecule has 0 radical (unpaired) electrons. The first kappa shape index (κ1) is 32.3. The summed E-state index contributed by atoms with van der Waals surface area (Å²) in [4.78, 5) is 36.1. The second-order valence-electron chi connectivity index (χ2n) is 14.1. The monoisotopic (exact) mass is 612 g/mol. The Balaban J connectivity index is 1.15. The Kier molecular flexibility index (Phi) is 10.5. The second kappa shape index (κ2) is 14.3. The van der Waals surface area contributed by atoms with Crippen LogP contribution in [-0.4, -0.2) is 26.8 Å². The average Bonchev–Trinajstić information content (AvgIpc) is 3.54. The predicted molar refractivity (Wildman–Crippen MR) is 180 cm³/mol. The van der Waals surface area contributed by atoms with Crippen molar-refractivity contribution < 1.29 is 14.7 Å². The highest BCUT2D eigenvalue weighted by Crippen LogP contribution is 2.42. The third-order valence-corrected chi connectivity index (χ3v) is 11.4. The maximum atomic E-state index is 12.9. The molecule has 0 aliphatic heterocycles. The molecule has 44 heavy (non-hydrogen) atoms. The van der Waals surface area contributed by atoms with E-state index >= 15 is 0 Å². The first-order chi connectivity index (χ1) is 21.1. The minimum Gasteiger partial charge on any atom is -0.481 e. The molecule has 1 N–H and O–H groups in total. The summed E-state index contributed by atoms with van der Waals surface area (Å²) in [6.07, 6.45) is 18.6. The summed E-state index contributed by atoms with van der Waals surface area (Å²) in [6.45, 7) is 8.64. The highest BCUT2D eigenvalue weighted by atomic mass is 32.1. The quantitative estimate of drug-likeness (QED) is 0.218. The summed E-state index contributed by atoms with van der Waals surface area (Å²) in [5.41, 5.74) is 4.23. The van der Waals surface area contributed by atoms with E-state index in [1.807, 2.05) is 48.8 Å². The lowest BCUT2D eigenvalue weighted by Crippen LogP contribution is -2.23. The number of ketones is 1. The van der Waals surface area contributed by atoms with Crippen molar-refractivity contribution >= 4 is 28.7 Å². The number of aromatic nitrogens is 2. The average molecular weight is 613 g/mol. The van der Waals surface area contributed by atoms with E-state index in [1.165, 1.54) is 68.3 Å². The molecule has 0 spiro atoms. The topological polar surface area (TPSA) is 80.2 Å². The molecule has 234 valence electrons. The van der Waals surface area contributed by atoms with Gasteiger partial charge in [0.25, 0.3) is 0 Å². The summed E-state index contributed by atoms with van der Waals surface area (Å²) in [5.74, 6) is 1.53. The molecule has 2 aliphatic carbocycles. The number of hydrogen-bond donors (Lipinski definition) is 1. The highest BCUT2D eigenvalue weighted by molar-refractivity contribution is 7.14. The molecule has 1 aromatic carbocycles. The van der Waals surface area contributed by atoms with Gasteiger partial charge in [0.2, 0.25) is 0 Å². The van der Waals surface area contributed by atoms with Gasteiger partial charge in [0.05, 0.1) is 10.8 Å². The molecular weight excluding hydrogens is 564 g/mol. The van der Waals surface area contributed by atoms with Crippen molar-refractivity contribution in [3.05, 3.63) is 75.7 Å². The Labute approximate surface area is 267 Å². The normalized spacial score (nSPS) is 21.5. The summed E-state index contributed by atoms with van der Waals surface area (Å²) in [6, 6.07) is 11.5. The van der Waals surface area contributed by atoms with Gasteiger partial charge in [-0.3, -0.25) is 9.59 Å². The van der Waals surface area contributed by atoms with Gasteiger partial charge in [-0.2, -0.15) is 0 Å². The van der Waals surface area contributed by atoms with Crippen molar-refractivity contribution in [2.24, 2.45) is 23.7 Å². The van der Waals surface area contributed by atoms with Gasteiger partial charge in [-0.25, -0.2) is 9.97 Å². The zero-order valence-corrected chi connectivity index (χ0v) is 27.7. The summed E-state index contributed by atoms with van der Waals surface area (Å²) in [7, 11) is 0. The molecule has 5 rings (SSSR count). The van der Waals surface area contributed by atoms with E-state index in [0.29, 0.717) is 17.1 Å². The smallest absolute Gasteiger partial charge is 0.307 e. The Morgan fingerprint density at radius 2 is 1.64 bits per heavy atom. The number of thiophene rings is 1. The molecule has 3 aromatic rings. The van der Waals surface area contributed by atoms with Crippen LogP contribution in [0.4, 0.5) is 0 Å². The fourth-order valence-corrected chi connectivity index (χ4v) is 8.09. The molecule has 0 saturated heterocycles. The molecule has 1 unspecified atom stereocenters. The number of carboxylic acid groups (broad SMARTS) is 1. The van der Waals surface area contributed by atoms with Gasteiger partial charge in [0.15, 0.2) is 11.6 Å².